The SMILES string of the molecule is Cc1cc(CNCCn2cccn2)n(C)n1. The van der Waals surface area contributed by atoms with Crippen molar-refractivity contribution in [2.24, 2.45) is 7.05 Å². The molecular weight excluding hydrogens is 202 g/mol. The van der Waals surface area contributed by atoms with E-state index in [4.69, 9.17) is 0 Å². The second kappa shape index (κ2) is 4.94. The molecule has 16 heavy (non-hydrogen) atoms. The van der Waals surface area contributed by atoms with E-state index in [0.29, 0.717) is 0 Å². The van der Waals surface area contributed by atoms with E-state index >= 15 is 0 Å². The summed E-state index contributed by atoms with van der Waals surface area (Å²) >= 11 is 0. The Bertz CT molecular complexity index is 429. The first-order chi connectivity index (χ1) is 7.75. The van der Waals surface area contributed by atoms with Crippen LogP contribution in [0.5, 0.6) is 0 Å². The Kier molecular flexibility index (Phi) is 3.36. The van der Waals surface area contributed by atoms with Gasteiger partial charge in [0.25, 0.3) is 0 Å². The molecule has 0 aliphatic heterocycles. The van der Waals surface area contributed by atoms with Crippen LogP contribution in [0.4, 0.5) is 0 Å². The molecule has 0 saturated carbocycles. The maximum absolute atomic E-state index is 4.30. The molecule has 0 radical (unpaired) electrons. The number of hydrogen-bond donors (Lipinski definition) is 1. The van der Waals surface area contributed by atoms with Gasteiger partial charge in [-0.15, -0.1) is 0 Å². The molecular formula is C11H17N5. The molecule has 86 valence electrons. The van der Waals surface area contributed by atoms with Gasteiger partial charge in [-0.05, 0) is 19.1 Å². The largest absolute Gasteiger partial charge is 0.309 e. The molecule has 1 N–H and O–H groups in total. The van der Waals surface area contributed by atoms with Gasteiger partial charge in [0.2, 0.25) is 0 Å². The number of hydrogen-bond acceptors (Lipinski definition) is 3. The van der Waals surface area contributed by atoms with Crippen LogP contribution in [-0.4, -0.2) is 26.1 Å². The third kappa shape index (κ3) is 2.70. The highest BCUT2D eigenvalue weighted by Gasteiger charge is 2.00. The van der Waals surface area contributed by atoms with E-state index in [0.717, 1.165) is 25.3 Å². The molecule has 2 aromatic heterocycles. The molecule has 2 aromatic rings. The Morgan fingerprint density at radius 3 is 2.94 bits per heavy atom. The van der Waals surface area contributed by atoms with Gasteiger partial charge in [0.1, 0.15) is 0 Å². The van der Waals surface area contributed by atoms with Crippen LogP contribution >= 0.6 is 0 Å². The molecule has 5 nitrogen and oxygen atoms in total. The lowest BCUT2D eigenvalue weighted by Gasteiger charge is -2.05. The fraction of sp³-hybridized carbons (Fsp3) is 0.455. The van der Waals surface area contributed by atoms with Gasteiger partial charge in [0, 0.05) is 32.5 Å². The van der Waals surface area contributed by atoms with Gasteiger partial charge in [-0.1, -0.05) is 0 Å². The van der Waals surface area contributed by atoms with Crippen molar-refractivity contribution >= 4 is 0 Å². The molecule has 0 aliphatic rings. The second-order valence-electron chi connectivity index (χ2n) is 3.85. The van der Waals surface area contributed by atoms with Gasteiger partial charge in [-0.25, -0.2) is 0 Å². The molecule has 0 amide bonds. The first kappa shape index (κ1) is 10.9. The zero-order valence-corrected chi connectivity index (χ0v) is 9.72. The lowest BCUT2D eigenvalue weighted by molar-refractivity contribution is 0.542. The smallest absolute Gasteiger partial charge is 0.0597 e. The summed E-state index contributed by atoms with van der Waals surface area (Å²) < 4.78 is 3.83. The third-order valence-corrected chi connectivity index (χ3v) is 2.48. The molecule has 2 rings (SSSR count). The number of nitrogens with zero attached hydrogens (tertiary/aromatic N) is 4. The van der Waals surface area contributed by atoms with E-state index < -0.39 is 0 Å². The van der Waals surface area contributed by atoms with E-state index in [1.165, 1.54) is 5.69 Å². The van der Waals surface area contributed by atoms with Crippen molar-refractivity contribution in [2.45, 2.75) is 20.0 Å². The standard InChI is InChI=1S/C11H17N5/c1-10-8-11(15(2)14-10)9-12-5-7-16-6-3-4-13-16/h3-4,6,8,12H,5,7,9H2,1-2H3. The minimum absolute atomic E-state index is 0.846. The normalized spacial score (nSPS) is 10.9. The third-order valence-electron chi connectivity index (χ3n) is 2.48. The summed E-state index contributed by atoms with van der Waals surface area (Å²) in [7, 11) is 1.97. The number of aryl methyl sites for hydroxylation is 2. The average molecular weight is 219 g/mol. The lowest BCUT2D eigenvalue weighted by Crippen LogP contribution is -2.21. The molecule has 0 fully saturated rings. The molecule has 2 heterocycles. The van der Waals surface area contributed by atoms with Crippen LogP contribution in [0.3, 0.4) is 0 Å². The molecule has 0 bridgehead atoms. The molecule has 0 aliphatic carbocycles. The summed E-state index contributed by atoms with van der Waals surface area (Å²) in [6.45, 7) is 4.65. The molecule has 0 unspecified atom stereocenters. The fourth-order valence-corrected chi connectivity index (χ4v) is 1.67. The molecule has 5 heteroatoms. The first-order valence-corrected chi connectivity index (χ1v) is 5.43. The van der Waals surface area contributed by atoms with Crippen LogP contribution in [0.2, 0.25) is 0 Å². The van der Waals surface area contributed by atoms with Crippen molar-refractivity contribution in [2.75, 3.05) is 6.54 Å². The Labute approximate surface area is 95.1 Å². The maximum atomic E-state index is 4.30. The van der Waals surface area contributed by atoms with Crippen molar-refractivity contribution < 1.29 is 0 Å². The summed E-state index contributed by atoms with van der Waals surface area (Å²) in [5.41, 5.74) is 2.27. The van der Waals surface area contributed by atoms with Gasteiger partial charge >= 0.3 is 0 Å². The first-order valence-electron chi connectivity index (χ1n) is 5.43. The Balaban J connectivity index is 1.74. The van der Waals surface area contributed by atoms with Gasteiger partial charge in [0.05, 0.1) is 17.9 Å². The van der Waals surface area contributed by atoms with E-state index in [9.17, 15) is 0 Å². The summed E-state index contributed by atoms with van der Waals surface area (Å²) in [5.74, 6) is 0. The number of nitrogens with one attached hydrogen (secondary N) is 1. The highest BCUT2D eigenvalue weighted by Crippen LogP contribution is 2.00. The van der Waals surface area contributed by atoms with E-state index in [1.54, 1.807) is 6.20 Å². The molecule has 0 aromatic carbocycles. The second-order valence-corrected chi connectivity index (χ2v) is 3.85. The van der Waals surface area contributed by atoms with Crippen molar-refractivity contribution in [3.05, 3.63) is 35.9 Å². The van der Waals surface area contributed by atoms with E-state index in [-0.39, 0.29) is 0 Å². The van der Waals surface area contributed by atoms with Crippen LogP contribution in [0.1, 0.15) is 11.4 Å². The van der Waals surface area contributed by atoms with Gasteiger partial charge in [-0.2, -0.15) is 10.2 Å². The monoisotopic (exact) mass is 219 g/mol. The van der Waals surface area contributed by atoms with Crippen LogP contribution in [0.15, 0.2) is 24.5 Å². The number of aromatic nitrogens is 4. The van der Waals surface area contributed by atoms with Gasteiger partial charge < -0.3 is 5.32 Å². The number of rotatable bonds is 5. The Hall–Kier alpha value is -1.62. The molecule has 0 saturated heterocycles. The molecule has 0 atom stereocenters. The zero-order valence-electron chi connectivity index (χ0n) is 9.72. The van der Waals surface area contributed by atoms with Gasteiger partial charge in [0.15, 0.2) is 0 Å². The quantitative estimate of drug-likeness (QED) is 0.754. The maximum Gasteiger partial charge on any atom is 0.0597 e. The van der Waals surface area contributed by atoms with E-state index in [1.807, 2.05) is 35.6 Å². The van der Waals surface area contributed by atoms with Crippen LogP contribution in [0.25, 0.3) is 0 Å². The Morgan fingerprint density at radius 2 is 2.31 bits per heavy atom. The highest BCUT2D eigenvalue weighted by atomic mass is 15.3. The van der Waals surface area contributed by atoms with Crippen molar-refractivity contribution in [3.63, 3.8) is 0 Å². The van der Waals surface area contributed by atoms with Crippen LogP contribution < -0.4 is 5.32 Å². The summed E-state index contributed by atoms with van der Waals surface area (Å²) in [6.07, 6.45) is 3.76. The summed E-state index contributed by atoms with van der Waals surface area (Å²) in [6, 6.07) is 4.03. The fourth-order valence-electron chi connectivity index (χ4n) is 1.67. The minimum Gasteiger partial charge on any atom is -0.309 e. The van der Waals surface area contributed by atoms with Crippen molar-refractivity contribution in [1.29, 1.82) is 0 Å². The lowest BCUT2D eigenvalue weighted by atomic mass is 10.3. The van der Waals surface area contributed by atoms with Crippen LogP contribution in [-0.2, 0) is 20.1 Å². The minimum atomic E-state index is 0.846. The summed E-state index contributed by atoms with van der Waals surface area (Å²) in [5, 5.41) is 11.8. The van der Waals surface area contributed by atoms with Crippen molar-refractivity contribution in [3.8, 4) is 0 Å². The topological polar surface area (TPSA) is 47.7 Å². The predicted molar refractivity (Wildman–Crippen MR) is 61.9 cm³/mol. The van der Waals surface area contributed by atoms with Crippen LogP contribution in [0, 0.1) is 6.92 Å². The predicted octanol–water partition coefficient (Wildman–Crippen LogP) is 0.715. The average Bonchev–Trinajstić information content (AvgIpc) is 2.84. The molecule has 0 spiro atoms. The summed E-state index contributed by atoms with van der Waals surface area (Å²) in [4.78, 5) is 0. The van der Waals surface area contributed by atoms with Gasteiger partial charge in [-0.3, -0.25) is 9.36 Å². The zero-order chi connectivity index (χ0) is 11.4. The van der Waals surface area contributed by atoms with E-state index in [2.05, 4.69) is 21.6 Å². The Morgan fingerprint density at radius 1 is 1.44 bits per heavy atom. The van der Waals surface area contributed by atoms with Crippen molar-refractivity contribution in [1.82, 2.24) is 24.9 Å². The highest BCUT2D eigenvalue weighted by molar-refractivity contribution is 5.08.